The first kappa shape index (κ1) is 15.6. The highest BCUT2D eigenvalue weighted by molar-refractivity contribution is 5.89. The van der Waals surface area contributed by atoms with Crippen LogP contribution in [0.2, 0.25) is 0 Å². The Morgan fingerprint density at radius 1 is 1.00 bits per heavy atom. The Bertz CT molecular complexity index is 566. The van der Waals surface area contributed by atoms with Crippen molar-refractivity contribution in [3.8, 4) is 0 Å². The van der Waals surface area contributed by atoms with Gasteiger partial charge in [-0.25, -0.2) is 14.0 Å². The maximum atomic E-state index is 12.8. The number of benzene rings is 1. The molecule has 2 aliphatic rings. The minimum atomic E-state index is -0.339. The summed E-state index contributed by atoms with van der Waals surface area (Å²) in [6, 6.07) is 5.38. The van der Waals surface area contributed by atoms with Crippen LogP contribution in [-0.4, -0.2) is 54.6 Å². The van der Waals surface area contributed by atoms with Crippen molar-refractivity contribution in [2.75, 3.05) is 38.0 Å². The fraction of sp³-hybridized carbons (Fsp3) is 0.500. The van der Waals surface area contributed by atoms with E-state index < -0.39 is 0 Å². The second-order valence-electron chi connectivity index (χ2n) is 6.04. The molecule has 2 N–H and O–H groups in total. The first-order valence-corrected chi connectivity index (χ1v) is 7.96. The molecule has 23 heavy (non-hydrogen) atoms. The Morgan fingerprint density at radius 2 is 1.57 bits per heavy atom. The van der Waals surface area contributed by atoms with E-state index in [1.165, 1.54) is 37.1 Å². The Hall–Kier alpha value is -2.31. The minimum absolute atomic E-state index is 0.0458. The molecule has 1 aromatic rings. The lowest BCUT2D eigenvalue weighted by Crippen LogP contribution is -2.54. The summed E-state index contributed by atoms with van der Waals surface area (Å²) < 4.78 is 12.8. The van der Waals surface area contributed by atoms with E-state index in [1.807, 2.05) is 0 Å². The topological polar surface area (TPSA) is 64.7 Å². The summed E-state index contributed by atoms with van der Waals surface area (Å²) in [4.78, 5) is 27.5. The summed E-state index contributed by atoms with van der Waals surface area (Å²) in [6.07, 6.45) is 2.41. The highest BCUT2D eigenvalue weighted by Gasteiger charge is 2.26. The van der Waals surface area contributed by atoms with Crippen molar-refractivity contribution in [3.63, 3.8) is 0 Å². The van der Waals surface area contributed by atoms with Gasteiger partial charge in [-0.15, -0.1) is 0 Å². The smallest absolute Gasteiger partial charge is 0.321 e. The molecular formula is C16H21FN4O2. The molecule has 0 atom stereocenters. The number of nitrogens with zero attached hydrogens (tertiary/aromatic N) is 2. The Labute approximate surface area is 134 Å². The molecule has 1 heterocycles. The zero-order chi connectivity index (χ0) is 16.2. The SMILES string of the molecule is O=C(NCC1CC1)N1CCN(C(=O)Nc2ccc(F)cc2)CC1. The molecule has 1 aliphatic carbocycles. The van der Waals surface area contributed by atoms with E-state index in [-0.39, 0.29) is 17.9 Å². The highest BCUT2D eigenvalue weighted by atomic mass is 19.1. The van der Waals surface area contributed by atoms with Crippen LogP contribution in [0.3, 0.4) is 0 Å². The van der Waals surface area contributed by atoms with E-state index in [4.69, 9.17) is 0 Å². The molecule has 6 nitrogen and oxygen atoms in total. The van der Waals surface area contributed by atoms with Gasteiger partial charge in [-0.3, -0.25) is 0 Å². The number of halogens is 1. The summed E-state index contributed by atoms with van der Waals surface area (Å²) in [5.74, 6) is 0.315. The molecular weight excluding hydrogens is 299 g/mol. The van der Waals surface area contributed by atoms with E-state index >= 15 is 0 Å². The van der Waals surface area contributed by atoms with Gasteiger partial charge in [0.25, 0.3) is 0 Å². The van der Waals surface area contributed by atoms with Crippen LogP contribution < -0.4 is 10.6 Å². The maximum absolute atomic E-state index is 12.8. The number of anilines is 1. The number of nitrogens with one attached hydrogen (secondary N) is 2. The summed E-state index contributed by atoms with van der Waals surface area (Å²) in [7, 11) is 0. The molecule has 0 bridgehead atoms. The lowest BCUT2D eigenvalue weighted by Gasteiger charge is -2.34. The van der Waals surface area contributed by atoms with Gasteiger partial charge in [-0.1, -0.05) is 0 Å². The van der Waals surface area contributed by atoms with Gasteiger partial charge in [0.2, 0.25) is 0 Å². The molecule has 0 aromatic heterocycles. The van der Waals surface area contributed by atoms with Gasteiger partial charge >= 0.3 is 12.1 Å². The average Bonchev–Trinajstić information content (AvgIpc) is 3.39. The van der Waals surface area contributed by atoms with Crippen molar-refractivity contribution in [3.05, 3.63) is 30.1 Å². The molecule has 4 amide bonds. The molecule has 7 heteroatoms. The van der Waals surface area contributed by atoms with Crippen LogP contribution in [0.1, 0.15) is 12.8 Å². The largest absolute Gasteiger partial charge is 0.338 e. The normalized spacial score (nSPS) is 17.8. The van der Waals surface area contributed by atoms with Crippen molar-refractivity contribution in [1.29, 1.82) is 0 Å². The summed E-state index contributed by atoms with van der Waals surface area (Å²) >= 11 is 0. The van der Waals surface area contributed by atoms with Crippen LogP contribution >= 0.6 is 0 Å². The van der Waals surface area contributed by atoms with E-state index in [0.29, 0.717) is 37.8 Å². The predicted octanol–water partition coefficient (Wildman–Crippen LogP) is 2.09. The van der Waals surface area contributed by atoms with Gasteiger partial charge in [-0.05, 0) is 43.0 Å². The monoisotopic (exact) mass is 320 g/mol. The molecule has 2 fully saturated rings. The van der Waals surface area contributed by atoms with Crippen molar-refractivity contribution in [2.45, 2.75) is 12.8 Å². The summed E-state index contributed by atoms with van der Waals surface area (Å²) in [6.45, 7) is 2.78. The maximum Gasteiger partial charge on any atom is 0.321 e. The van der Waals surface area contributed by atoms with Gasteiger partial charge in [0, 0.05) is 38.4 Å². The zero-order valence-corrected chi connectivity index (χ0v) is 12.9. The highest BCUT2D eigenvalue weighted by Crippen LogP contribution is 2.27. The molecule has 1 saturated carbocycles. The molecule has 1 aromatic carbocycles. The van der Waals surface area contributed by atoms with Crippen LogP contribution in [0.15, 0.2) is 24.3 Å². The van der Waals surface area contributed by atoms with Crippen molar-refractivity contribution >= 4 is 17.7 Å². The van der Waals surface area contributed by atoms with Crippen LogP contribution in [0.5, 0.6) is 0 Å². The first-order valence-electron chi connectivity index (χ1n) is 7.96. The molecule has 0 unspecified atom stereocenters. The van der Waals surface area contributed by atoms with Gasteiger partial charge in [-0.2, -0.15) is 0 Å². The first-order chi connectivity index (χ1) is 11.1. The van der Waals surface area contributed by atoms with Gasteiger partial charge < -0.3 is 20.4 Å². The summed E-state index contributed by atoms with van der Waals surface area (Å²) in [5.41, 5.74) is 0.556. The third kappa shape index (κ3) is 4.34. The second kappa shape index (κ2) is 6.85. The predicted molar refractivity (Wildman–Crippen MR) is 84.7 cm³/mol. The molecule has 0 radical (unpaired) electrons. The van der Waals surface area contributed by atoms with Crippen molar-refractivity contribution in [1.82, 2.24) is 15.1 Å². The van der Waals surface area contributed by atoms with Crippen molar-refractivity contribution < 1.29 is 14.0 Å². The van der Waals surface area contributed by atoms with E-state index in [1.54, 1.807) is 9.80 Å². The van der Waals surface area contributed by atoms with Gasteiger partial charge in [0.1, 0.15) is 5.82 Å². The van der Waals surface area contributed by atoms with Crippen LogP contribution in [0, 0.1) is 11.7 Å². The molecule has 0 spiro atoms. The molecule has 1 saturated heterocycles. The lowest BCUT2D eigenvalue weighted by atomic mass is 10.3. The standard InChI is InChI=1S/C16H21FN4O2/c17-13-3-5-14(6-4-13)19-16(23)21-9-7-20(8-10-21)15(22)18-11-12-1-2-12/h3-6,12H,1-2,7-11H2,(H,18,22)(H,19,23). The summed E-state index contributed by atoms with van der Waals surface area (Å²) in [5, 5.41) is 5.67. The second-order valence-corrected chi connectivity index (χ2v) is 6.04. The fourth-order valence-corrected chi connectivity index (χ4v) is 2.51. The average molecular weight is 320 g/mol. The molecule has 124 valence electrons. The van der Waals surface area contributed by atoms with E-state index in [0.717, 1.165) is 6.54 Å². The number of hydrogen-bond acceptors (Lipinski definition) is 2. The number of urea groups is 2. The Balaban J connectivity index is 1.43. The lowest BCUT2D eigenvalue weighted by molar-refractivity contribution is 0.149. The van der Waals surface area contributed by atoms with Gasteiger partial charge in [0.15, 0.2) is 0 Å². The fourth-order valence-electron chi connectivity index (χ4n) is 2.51. The molecule has 1 aliphatic heterocycles. The number of carbonyl (C=O) groups excluding carboxylic acids is 2. The van der Waals surface area contributed by atoms with Crippen LogP contribution in [0.4, 0.5) is 19.7 Å². The number of amides is 4. The van der Waals surface area contributed by atoms with Gasteiger partial charge in [0.05, 0.1) is 0 Å². The zero-order valence-electron chi connectivity index (χ0n) is 12.9. The number of rotatable bonds is 3. The third-order valence-corrected chi connectivity index (χ3v) is 4.19. The molecule has 3 rings (SSSR count). The van der Waals surface area contributed by atoms with Crippen molar-refractivity contribution in [2.24, 2.45) is 5.92 Å². The Kier molecular flexibility index (Phi) is 4.64. The number of piperazine rings is 1. The quantitative estimate of drug-likeness (QED) is 0.896. The Morgan fingerprint density at radius 3 is 2.13 bits per heavy atom. The van der Waals surface area contributed by atoms with E-state index in [2.05, 4.69) is 10.6 Å². The third-order valence-electron chi connectivity index (χ3n) is 4.19. The van der Waals surface area contributed by atoms with Crippen LogP contribution in [0.25, 0.3) is 0 Å². The number of carbonyl (C=O) groups is 2. The van der Waals surface area contributed by atoms with E-state index in [9.17, 15) is 14.0 Å². The minimum Gasteiger partial charge on any atom is -0.338 e. The van der Waals surface area contributed by atoms with Crippen LogP contribution in [-0.2, 0) is 0 Å². The number of hydrogen-bond donors (Lipinski definition) is 2.